The number of likely N-dealkylation sites (tertiary alicyclic amines) is 1. The number of rotatable bonds is 3. The molecule has 0 unspecified atom stereocenters. The first-order valence-corrected chi connectivity index (χ1v) is 7.66. The number of nitrogens with zero attached hydrogens (tertiary/aromatic N) is 4. The Bertz CT molecular complexity index is 527. The Kier molecular flexibility index (Phi) is 3.65. The third-order valence-electron chi connectivity index (χ3n) is 4.45. The van der Waals surface area contributed by atoms with Crippen LogP contribution in [-0.2, 0) is 11.3 Å². The van der Waals surface area contributed by atoms with Crippen LogP contribution in [0.5, 0.6) is 0 Å². The summed E-state index contributed by atoms with van der Waals surface area (Å²) >= 11 is 0. The lowest BCUT2D eigenvalue weighted by Gasteiger charge is -2.38. The molecule has 21 heavy (non-hydrogen) atoms. The number of likely N-dealkylation sites (N-methyl/N-ethyl adjacent to an activating group) is 1. The molecule has 0 N–H and O–H groups in total. The van der Waals surface area contributed by atoms with Gasteiger partial charge in [-0.15, -0.1) is 0 Å². The van der Waals surface area contributed by atoms with Crippen LogP contribution in [-0.4, -0.2) is 57.7 Å². The summed E-state index contributed by atoms with van der Waals surface area (Å²) in [6.07, 6.45) is 5.67. The van der Waals surface area contributed by atoms with Crippen LogP contribution in [0.3, 0.4) is 0 Å². The second kappa shape index (κ2) is 5.33. The Labute approximate surface area is 125 Å². The highest BCUT2D eigenvalue weighted by atomic mass is 16.6. The summed E-state index contributed by atoms with van der Waals surface area (Å²) in [4.78, 5) is 20.0. The summed E-state index contributed by atoms with van der Waals surface area (Å²) in [6.45, 7) is 7.75. The van der Waals surface area contributed by atoms with Crippen molar-refractivity contribution in [1.29, 1.82) is 0 Å². The number of aromatic nitrogens is 2. The van der Waals surface area contributed by atoms with E-state index in [-0.39, 0.29) is 11.7 Å². The van der Waals surface area contributed by atoms with Crippen LogP contribution < -0.4 is 0 Å². The van der Waals surface area contributed by atoms with Gasteiger partial charge >= 0.3 is 6.09 Å². The average Bonchev–Trinajstić information content (AvgIpc) is 2.96. The first-order valence-electron chi connectivity index (χ1n) is 7.66. The summed E-state index contributed by atoms with van der Waals surface area (Å²) in [5.74, 6) is 0. The van der Waals surface area contributed by atoms with Crippen molar-refractivity contribution >= 4 is 6.09 Å². The minimum absolute atomic E-state index is 0.191. The number of imidazole rings is 1. The van der Waals surface area contributed by atoms with Gasteiger partial charge in [0, 0.05) is 32.4 Å². The lowest BCUT2D eigenvalue weighted by atomic mass is 9.92. The summed E-state index contributed by atoms with van der Waals surface area (Å²) in [5.41, 5.74) is 0.909. The zero-order valence-corrected chi connectivity index (χ0v) is 13.1. The van der Waals surface area contributed by atoms with Gasteiger partial charge in [-0.25, -0.2) is 9.78 Å². The molecular weight excluding hydrogens is 268 g/mol. The maximum atomic E-state index is 11.7. The molecule has 6 nitrogen and oxygen atoms in total. The van der Waals surface area contributed by atoms with Gasteiger partial charge in [0.2, 0.25) is 0 Å². The van der Waals surface area contributed by atoms with Gasteiger partial charge in [-0.05, 0) is 33.2 Å². The van der Waals surface area contributed by atoms with E-state index in [1.165, 1.54) is 5.69 Å². The van der Waals surface area contributed by atoms with Crippen molar-refractivity contribution in [2.75, 3.05) is 26.7 Å². The molecule has 2 saturated heterocycles. The van der Waals surface area contributed by atoms with Crippen LogP contribution in [0.4, 0.5) is 4.79 Å². The van der Waals surface area contributed by atoms with Crippen LogP contribution in [0.1, 0.15) is 38.4 Å². The van der Waals surface area contributed by atoms with E-state index in [9.17, 15) is 4.79 Å². The van der Waals surface area contributed by atoms with Crippen LogP contribution in [0.25, 0.3) is 0 Å². The molecule has 0 radical (unpaired) electrons. The van der Waals surface area contributed by atoms with Crippen molar-refractivity contribution in [3.63, 3.8) is 0 Å². The van der Waals surface area contributed by atoms with E-state index in [0.29, 0.717) is 12.6 Å². The van der Waals surface area contributed by atoms with E-state index in [1.54, 1.807) is 4.90 Å². The number of carbonyl (C=O) groups is 1. The molecule has 1 spiro atoms. The van der Waals surface area contributed by atoms with Gasteiger partial charge in [0.15, 0.2) is 0 Å². The fourth-order valence-corrected chi connectivity index (χ4v) is 3.48. The Balaban J connectivity index is 1.69. The van der Waals surface area contributed by atoms with Gasteiger partial charge in [-0.2, -0.15) is 0 Å². The van der Waals surface area contributed by atoms with Crippen molar-refractivity contribution in [2.45, 2.75) is 44.9 Å². The molecule has 1 amide bonds. The molecule has 1 atom stereocenters. The summed E-state index contributed by atoms with van der Waals surface area (Å²) < 4.78 is 7.85. The normalized spacial score (nSPS) is 26.9. The fraction of sp³-hybridized carbons (Fsp3) is 0.733. The predicted molar refractivity (Wildman–Crippen MR) is 79.0 cm³/mol. The van der Waals surface area contributed by atoms with Gasteiger partial charge < -0.3 is 14.2 Å². The van der Waals surface area contributed by atoms with Crippen LogP contribution in [0.15, 0.2) is 12.5 Å². The smallest absolute Gasteiger partial charge is 0.410 e. The molecule has 0 saturated carbocycles. The number of hydrogen-bond donors (Lipinski definition) is 0. The lowest BCUT2D eigenvalue weighted by molar-refractivity contribution is -0.0120. The van der Waals surface area contributed by atoms with Crippen molar-refractivity contribution in [2.24, 2.45) is 0 Å². The molecule has 116 valence electrons. The Morgan fingerprint density at radius 3 is 2.90 bits per heavy atom. The third kappa shape index (κ3) is 2.77. The maximum absolute atomic E-state index is 11.7. The lowest BCUT2D eigenvalue weighted by Crippen LogP contribution is -2.50. The highest BCUT2D eigenvalue weighted by Crippen LogP contribution is 2.32. The van der Waals surface area contributed by atoms with Crippen molar-refractivity contribution in [3.05, 3.63) is 18.2 Å². The van der Waals surface area contributed by atoms with Crippen molar-refractivity contribution in [3.8, 4) is 0 Å². The van der Waals surface area contributed by atoms with Gasteiger partial charge in [0.05, 0.1) is 18.6 Å². The Hall–Kier alpha value is -1.56. The first kappa shape index (κ1) is 14.4. The zero-order valence-electron chi connectivity index (χ0n) is 13.1. The maximum Gasteiger partial charge on any atom is 0.410 e. The molecule has 2 aliphatic heterocycles. The highest BCUT2D eigenvalue weighted by molar-refractivity contribution is 5.70. The molecule has 0 bridgehead atoms. The molecule has 3 heterocycles. The van der Waals surface area contributed by atoms with E-state index in [4.69, 9.17) is 4.74 Å². The van der Waals surface area contributed by atoms with Crippen molar-refractivity contribution < 1.29 is 9.53 Å². The second-order valence-corrected chi connectivity index (χ2v) is 6.61. The van der Waals surface area contributed by atoms with E-state index in [2.05, 4.69) is 28.3 Å². The molecule has 0 aliphatic carbocycles. The summed E-state index contributed by atoms with van der Waals surface area (Å²) in [5, 5.41) is 0. The minimum Gasteiger partial charge on any atom is -0.440 e. The molecule has 1 aromatic rings. The molecule has 2 aliphatic rings. The van der Waals surface area contributed by atoms with E-state index in [0.717, 1.165) is 32.5 Å². The van der Waals surface area contributed by atoms with E-state index >= 15 is 0 Å². The van der Waals surface area contributed by atoms with Crippen molar-refractivity contribution in [1.82, 2.24) is 19.4 Å². The number of amides is 1. The van der Waals surface area contributed by atoms with Gasteiger partial charge in [-0.1, -0.05) is 0 Å². The van der Waals surface area contributed by atoms with Crippen LogP contribution in [0.2, 0.25) is 0 Å². The number of carbonyl (C=O) groups excluding carboxylic acids is 1. The number of hydrogen-bond acceptors (Lipinski definition) is 4. The van der Waals surface area contributed by atoms with Crippen LogP contribution >= 0.6 is 0 Å². The average molecular weight is 292 g/mol. The SMILES string of the molecule is CC(C)n1cncc1CN1CCC[C@@]2(C1)CN(C)C(=O)O2. The fourth-order valence-electron chi connectivity index (χ4n) is 3.48. The molecule has 0 aromatic carbocycles. The predicted octanol–water partition coefficient (Wildman–Crippen LogP) is 1.88. The van der Waals surface area contributed by atoms with Gasteiger partial charge in [0.1, 0.15) is 5.60 Å². The molecule has 3 rings (SSSR count). The standard InChI is InChI=1S/C15H24N4O2/c1-12(2)19-11-16-7-13(19)8-18-6-4-5-15(10-18)9-17(3)14(20)21-15/h7,11-12H,4-6,8-10H2,1-3H3/t15-/m0/s1. The van der Waals surface area contributed by atoms with Gasteiger partial charge in [0.25, 0.3) is 0 Å². The Morgan fingerprint density at radius 2 is 2.24 bits per heavy atom. The zero-order chi connectivity index (χ0) is 15.0. The molecular formula is C15H24N4O2. The number of ether oxygens (including phenoxy) is 1. The Morgan fingerprint density at radius 1 is 1.43 bits per heavy atom. The first-order chi connectivity index (χ1) is 9.99. The topological polar surface area (TPSA) is 50.6 Å². The summed E-state index contributed by atoms with van der Waals surface area (Å²) in [6, 6.07) is 0.414. The molecule has 1 aromatic heterocycles. The van der Waals surface area contributed by atoms with Gasteiger partial charge in [-0.3, -0.25) is 4.90 Å². The molecule has 6 heteroatoms. The number of piperidine rings is 1. The molecule has 2 fully saturated rings. The largest absolute Gasteiger partial charge is 0.440 e. The van der Waals surface area contributed by atoms with E-state index in [1.807, 2.05) is 19.6 Å². The van der Waals surface area contributed by atoms with E-state index < -0.39 is 0 Å². The highest BCUT2D eigenvalue weighted by Gasteiger charge is 2.46. The van der Waals surface area contributed by atoms with Crippen LogP contribution in [0, 0.1) is 0 Å². The quantitative estimate of drug-likeness (QED) is 0.853. The summed E-state index contributed by atoms with van der Waals surface area (Å²) in [7, 11) is 1.81. The monoisotopic (exact) mass is 292 g/mol. The second-order valence-electron chi connectivity index (χ2n) is 6.61. The minimum atomic E-state index is -0.313. The third-order valence-corrected chi connectivity index (χ3v) is 4.45.